The molecular formula is C11H24N4O2S. The van der Waals surface area contributed by atoms with Gasteiger partial charge in [-0.05, 0) is 11.8 Å². The highest BCUT2D eigenvalue weighted by Gasteiger charge is 2.35. The molecule has 1 atom stereocenters. The lowest BCUT2D eigenvalue weighted by Gasteiger charge is -2.38. The summed E-state index contributed by atoms with van der Waals surface area (Å²) in [4.78, 5) is 0. The third-order valence-corrected chi connectivity index (χ3v) is 5.23. The lowest BCUT2D eigenvalue weighted by atomic mass is 9.87. The molecule has 1 N–H and O–H groups in total. The van der Waals surface area contributed by atoms with Gasteiger partial charge in [0.25, 0.3) is 10.2 Å². The molecule has 1 saturated heterocycles. The summed E-state index contributed by atoms with van der Waals surface area (Å²) in [6, 6.07) is -0.0590. The molecule has 0 spiro atoms. The Balaban J connectivity index is 2.83. The van der Waals surface area contributed by atoms with Crippen LogP contribution in [0.25, 0.3) is 0 Å². The van der Waals surface area contributed by atoms with Gasteiger partial charge in [0.1, 0.15) is 0 Å². The SMILES string of the molecule is C=NN[C@H](CN1CCCN(C)S1(=O)=O)C(C)(C)C. The van der Waals surface area contributed by atoms with Crippen LogP contribution >= 0.6 is 0 Å². The normalized spacial score (nSPS) is 23.6. The third kappa shape index (κ3) is 3.43. The molecule has 0 bridgehead atoms. The first kappa shape index (κ1) is 15.4. The van der Waals surface area contributed by atoms with E-state index in [0.29, 0.717) is 19.6 Å². The van der Waals surface area contributed by atoms with Gasteiger partial charge in [-0.25, -0.2) is 0 Å². The second-order valence-corrected chi connectivity index (χ2v) is 7.78. The molecule has 0 aromatic rings. The minimum atomic E-state index is -3.31. The summed E-state index contributed by atoms with van der Waals surface area (Å²) in [5.74, 6) is 0. The van der Waals surface area contributed by atoms with Crippen LogP contribution in [0.15, 0.2) is 5.10 Å². The van der Waals surface area contributed by atoms with Crippen molar-refractivity contribution in [1.82, 2.24) is 14.0 Å². The summed E-state index contributed by atoms with van der Waals surface area (Å²) in [6.07, 6.45) is 0.855. The van der Waals surface area contributed by atoms with Crippen LogP contribution in [-0.2, 0) is 10.2 Å². The zero-order valence-electron chi connectivity index (χ0n) is 11.7. The third-order valence-electron chi connectivity index (χ3n) is 3.28. The Bertz CT molecular complexity index is 388. The average Bonchev–Trinajstić information content (AvgIpc) is 2.23. The number of rotatable bonds is 4. The first-order valence-electron chi connectivity index (χ1n) is 6.12. The predicted molar refractivity (Wildman–Crippen MR) is 73.7 cm³/mol. The molecule has 1 aliphatic heterocycles. The highest BCUT2D eigenvalue weighted by molar-refractivity contribution is 7.86. The zero-order chi connectivity index (χ0) is 14.0. The minimum Gasteiger partial charge on any atom is -0.306 e. The maximum Gasteiger partial charge on any atom is 0.281 e. The topological polar surface area (TPSA) is 65.0 Å². The van der Waals surface area contributed by atoms with Crippen LogP contribution in [0.2, 0.25) is 0 Å². The van der Waals surface area contributed by atoms with Crippen LogP contribution in [-0.4, -0.2) is 56.5 Å². The van der Waals surface area contributed by atoms with E-state index >= 15 is 0 Å². The molecule has 0 aromatic carbocycles. The molecule has 7 heteroatoms. The van der Waals surface area contributed by atoms with E-state index in [9.17, 15) is 8.42 Å². The van der Waals surface area contributed by atoms with Crippen molar-refractivity contribution < 1.29 is 8.42 Å². The van der Waals surface area contributed by atoms with E-state index in [2.05, 4.69) is 38.0 Å². The van der Waals surface area contributed by atoms with Crippen LogP contribution in [0.3, 0.4) is 0 Å². The number of nitrogens with one attached hydrogen (secondary N) is 1. The number of nitrogens with zero attached hydrogens (tertiary/aromatic N) is 3. The van der Waals surface area contributed by atoms with Gasteiger partial charge in [0.05, 0.1) is 6.04 Å². The van der Waals surface area contributed by atoms with Gasteiger partial charge in [-0.15, -0.1) is 0 Å². The molecule has 1 rings (SSSR count). The molecule has 0 radical (unpaired) electrons. The van der Waals surface area contributed by atoms with Gasteiger partial charge in [-0.2, -0.15) is 22.1 Å². The first-order valence-corrected chi connectivity index (χ1v) is 7.52. The van der Waals surface area contributed by atoms with Gasteiger partial charge in [-0.1, -0.05) is 20.8 Å². The molecule has 0 amide bonds. The minimum absolute atomic E-state index is 0.0590. The quantitative estimate of drug-likeness (QED) is 0.600. The standard InChI is InChI=1S/C11H24N4O2S/c1-11(2,3)10(13-12-4)9-15-8-6-7-14(5)18(15,16)17/h10,13H,4,6-9H2,1-3,5H3/t10-/m1/s1. The Morgan fingerprint density at radius 3 is 2.50 bits per heavy atom. The molecule has 106 valence electrons. The largest absolute Gasteiger partial charge is 0.306 e. The van der Waals surface area contributed by atoms with Gasteiger partial charge >= 0.3 is 0 Å². The highest BCUT2D eigenvalue weighted by Crippen LogP contribution is 2.23. The monoisotopic (exact) mass is 276 g/mol. The zero-order valence-corrected chi connectivity index (χ0v) is 12.5. The van der Waals surface area contributed by atoms with Gasteiger partial charge in [0, 0.05) is 33.4 Å². The van der Waals surface area contributed by atoms with Gasteiger partial charge in [0.2, 0.25) is 0 Å². The predicted octanol–water partition coefficient (Wildman–Crippen LogP) is 0.489. The molecule has 18 heavy (non-hydrogen) atoms. The van der Waals surface area contributed by atoms with E-state index in [-0.39, 0.29) is 11.5 Å². The summed E-state index contributed by atoms with van der Waals surface area (Å²) in [6.45, 7) is 11.1. The van der Waals surface area contributed by atoms with E-state index in [0.717, 1.165) is 6.42 Å². The maximum absolute atomic E-state index is 12.2. The van der Waals surface area contributed by atoms with Gasteiger partial charge in [0.15, 0.2) is 0 Å². The van der Waals surface area contributed by atoms with Crippen molar-refractivity contribution >= 4 is 16.9 Å². The summed E-state index contributed by atoms with van der Waals surface area (Å²) in [5.41, 5.74) is 2.82. The molecular weight excluding hydrogens is 252 g/mol. The molecule has 0 unspecified atom stereocenters. The van der Waals surface area contributed by atoms with Crippen molar-refractivity contribution in [1.29, 1.82) is 0 Å². The molecule has 0 aliphatic carbocycles. The van der Waals surface area contributed by atoms with E-state index in [4.69, 9.17) is 0 Å². The average molecular weight is 276 g/mol. The summed E-state index contributed by atoms with van der Waals surface area (Å²) < 4.78 is 27.2. The van der Waals surface area contributed by atoms with Crippen LogP contribution < -0.4 is 5.43 Å². The fourth-order valence-corrected chi connectivity index (χ4v) is 3.36. The fraction of sp³-hybridized carbons (Fsp3) is 0.909. The number of hydrazone groups is 1. The molecule has 1 fully saturated rings. The second kappa shape index (κ2) is 5.54. The Hall–Kier alpha value is -0.660. The molecule has 0 aromatic heterocycles. The van der Waals surface area contributed by atoms with Crippen molar-refractivity contribution in [3.8, 4) is 0 Å². The molecule has 6 nitrogen and oxygen atoms in total. The van der Waals surface area contributed by atoms with E-state index in [1.165, 1.54) is 8.61 Å². The van der Waals surface area contributed by atoms with E-state index in [1.807, 2.05) is 0 Å². The molecule has 1 heterocycles. The van der Waals surface area contributed by atoms with Gasteiger partial charge < -0.3 is 5.43 Å². The smallest absolute Gasteiger partial charge is 0.281 e. The first-order chi connectivity index (χ1) is 8.19. The van der Waals surface area contributed by atoms with Crippen molar-refractivity contribution in [2.24, 2.45) is 10.5 Å². The van der Waals surface area contributed by atoms with Crippen molar-refractivity contribution in [3.05, 3.63) is 0 Å². The van der Waals surface area contributed by atoms with Crippen LogP contribution in [0.4, 0.5) is 0 Å². The van der Waals surface area contributed by atoms with Crippen molar-refractivity contribution in [2.75, 3.05) is 26.7 Å². The van der Waals surface area contributed by atoms with E-state index in [1.54, 1.807) is 7.05 Å². The van der Waals surface area contributed by atoms with Crippen molar-refractivity contribution in [2.45, 2.75) is 33.2 Å². The number of hydrogen-bond acceptors (Lipinski definition) is 4. The molecule has 1 aliphatic rings. The molecule has 0 saturated carbocycles. The number of hydrogen-bond donors (Lipinski definition) is 1. The Kier molecular flexibility index (Phi) is 4.74. The lowest BCUT2D eigenvalue weighted by Crippen LogP contribution is -2.54. The Morgan fingerprint density at radius 2 is 2.00 bits per heavy atom. The Morgan fingerprint density at radius 1 is 1.39 bits per heavy atom. The highest BCUT2D eigenvalue weighted by atomic mass is 32.2. The van der Waals surface area contributed by atoms with Crippen LogP contribution in [0.5, 0.6) is 0 Å². The second-order valence-electron chi connectivity index (χ2n) is 5.75. The summed E-state index contributed by atoms with van der Waals surface area (Å²) >= 11 is 0. The van der Waals surface area contributed by atoms with Crippen LogP contribution in [0, 0.1) is 5.41 Å². The van der Waals surface area contributed by atoms with Crippen LogP contribution in [0.1, 0.15) is 27.2 Å². The fourth-order valence-electron chi connectivity index (χ4n) is 1.91. The lowest BCUT2D eigenvalue weighted by molar-refractivity contribution is 0.208. The van der Waals surface area contributed by atoms with E-state index < -0.39 is 10.2 Å². The summed E-state index contributed by atoms with van der Waals surface area (Å²) in [5, 5.41) is 3.70. The Labute approximate surface area is 110 Å². The van der Waals surface area contributed by atoms with Gasteiger partial charge in [-0.3, -0.25) is 0 Å². The maximum atomic E-state index is 12.2. The van der Waals surface area contributed by atoms with Crippen molar-refractivity contribution in [3.63, 3.8) is 0 Å². The summed E-state index contributed by atoms with van der Waals surface area (Å²) in [7, 11) is -1.69.